The summed E-state index contributed by atoms with van der Waals surface area (Å²) in [6, 6.07) is 0. The van der Waals surface area contributed by atoms with Gasteiger partial charge in [0.25, 0.3) is 0 Å². The number of nitrogens with one attached hydrogen (secondary N) is 1. The quantitative estimate of drug-likeness (QED) is 0.839. The van der Waals surface area contributed by atoms with Crippen LogP contribution in [0, 0.1) is 5.41 Å². The summed E-state index contributed by atoms with van der Waals surface area (Å²) in [6.45, 7) is 6.82. The van der Waals surface area contributed by atoms with Gasteiger partial charge in [0.2, 0.25) is 0 Å². The van der Waals surface area contributed by atoms with E-state index in [0.717, 1.165) is 24.9 Å². The summed E-state index contributed by atoms with van der Waals surface area (Å²) in [4.78, 5) is 4.71. The Morgan fingerprint density at radius 1 is 1.47 bits per heavy atom. The molecule has 0 aromatic rings. The monoisotopic (exact) mass is 256 g/mol. The fraction of sp³-hybridized carbons (Fsp3) is 0.923. The van der Waals surface area contributed by atoms with Crippen molar-refractivity contribution in [3.05, 3.63) is 0 Å². The Labute approximate surface area is 109 Å². The van der Waals surface area contributed by atoms with E-state index >= 15 is 0 Å². The minimum atomic E-state index is 0.269. The van der Waals surface area contributed by atoms with Crippen LogP contribution in [0.15, 0.2) is 4.99 Å². The number of ether oxygens (including phenoxy) is 1. The summed E-state index contributed by atoms with van der Waals surface area (Å²) in [7, 11) is 0. The van der Waals surface area contributed by atoms with Gasteiger partial charge in [-0.1, -0.05) is 24.6 Å². The zero-order valence-electron chi connectivity index (χ0n) is 11.0. The summed E-state index contributed by atoms with van der Waals surface area (Å²) in [5.41, 5.74) is 0.543. The summed E-state index contributed by atoms with van der Waals surface area (Å²) in [5.74, 6) is 1.25. The molecule has 1 aliphatic carbocycles. The smallest absolute Gasteiger partial charge is 0.156 e. The van der Waals surface area contributed by atoms with Crippen LogP contribution in [0.3, 0.4) is 0 Å². The molecule has 98 valence electrons. The second kappa shape index (κ2) is 6.10. The van der Waals surface area contributed by atoms with E-state index in [1.807, 2.05) is 18.7 Å². The third-order valence-electron chi connectivity index (χ3n) is 3.73. The highest BCUT2D eigenvalue weighted by Crippen LogP contribution is 2.43. The standard InChI is InChI=1S/C13H24N2OS/c1-3-16-11(2)8-14-12-15-9-13(10-17-12)6-4-5-7-13/h11H,3-10H2,1-2H3,(H,14,15). The Morgan fingerprint density at radius 3 is 2.82 bits per heavy atom. The van der Waals surface area contributed by atoms with Crippen molar-refractivity contribution >= 4 is 16.9 Å². The van der Waals surface area contributed by atoms with Gasteiger partial charge in [0.1, 0.15) is 0 Å². The summed E-state index contributed by atoms with van der Waals surface area (Å²) in [6.07, 6.45) is 5.84. The van der Waals surface area contributed by atoms with Crippen molar-refractivity contribution in [2.45, 2.75) is 45.6 Å². The molecular formula is C13H24N2OS. The molecular weight excluding hydrogens is 232 g/mol. The van der Waals surface area contributed by atoms with Crippen LogP contribution < -0.4 is 5.32 Å². The van der Waals surface area contributed by atoms with E-state index in [-0.39, 0.29) is 6.10 Å². The van der Waals surface area contributed by atoms with Crippen LogP contribution in [0.4, 0.5) is 0 Å². The van der Waals surface area contributed by atoms with Gasteiger partial charge in [-0.2, -0.15) is 0 Å². The molecule has 1 aliphatic heterocycles. The minimum absolute atomic E-state index is 0.269. The van der Waals surface area contributed by atoms with Gasteiger partial charge in [-0.3, -0.25) is 4.99 Å². The third kappa shape index (κ3) is 3.62. The Hall–Kier alpha value is -0.220. The lowest BCUT2D eigenvalue weighted by atomic mass is 9.89. The predicted molar refractivity (Wildman–Crippen MR) is 74.8 cm³/mol. The second-order valence-corrected chi connectivity index (χ2v) is 6.23. The topological polar surface area (TPSA) is 33.6 Å². The van der Waals surface area contributed by atoms with Crippen molar-refractivity contribution < 1.29 is 4.74 Å². The van der Waals surface area contributed by atoms with Crippen LogP contribution in [0.2, 0.25) is 0 Å². The molecule has 1 N–H and O–H groups in total. The molecule has 3 nitrogen and oxygen atoms in total. The van der Waals surface area contributed by atoms with E-state index in [1.165, 1.54) is 31.4 Å². The minimum Gasteiger partial charge on any atom is -0.377 e. The highest BCUT2D eigenvalue weighted by molar-refractivity contribution is 8.13. The summed E-state index contributed by atoms with van der Waals surface area (Å²) >= 11 is 1.90. The average Bonchev–Trinajstić information content (AvgIpc) is 2.78. The molecule has 1 atom stereocenters. The van der Waals surface area contributed by atoms with Crippen LogP contribution in [0.1, 0.15) is 39.5 Å². The average molecular weight is 256 g/mol. The van der Waals surface area contributed by atoms with Crippen LogP contribution >= 0.6 is 11.8 Å². The number of nitrogens with zero attached hydrogens (tertiary/aromatic N) is 1. The zero-order valence-corrected chi connectivity index (χ0v) is 11.8. The molecule has 2 rings (SSSR count). The molecule has 1 spiro atoms. The van der Waals surface area contributed by atoms with Gasteiger partial charge in [0.05, 0.1) is 6.10 Å². The molecule has 0 bridgehead atoms. The molecule has 1 unspecified atom stereocenters. The van der Waals surface area contributed by atoms with Crippen LogP contribution in [-0.4, -0.2) is 36.7 Å². The van der Waals surface area contributed by atoms with Crippen molar-refractivity contribution in [1.29, 1.82) is 0 Å². The van der Waals surface area contributed by atoms with E-state index in [9.17, 15) is 0 Å². The van der Waals surface area contributed by atoms with E-state index < -0.39 is 0 Å². The number of amidine groups is 1. The molecule has 0 amide bonds. The molecule has 1 heterocycles. The number of rotatable bonds is 4. The highest BCUT2D eigenvalue weighted by atomic mass is 32.2. The van der Waals surface area contributed by atoms with E-state index in [0.29, 0.717) is 5.41 Å². The van der Waals surface area contributed by atoms with Crippen molar-refractivity contribution in [2.75, 3.05) is 25.4 Å². The largest absolute Gasteiger partial charge is 0.377 e. The normalized spacial score (nSPS) is 24.7. The maximum atomic E-state index is 5.50. The van der Waals surface area contributed by atoms with Gasteiger partial charge >= 0.3 is 0 Å². The van der Waals surface area contributed by atoms with Gasteiger partial charge in [0.15, 0.2) is 5.17 Å². The lowest BCUT2D eigenvalue weighted by Crippen LogP contribution is -2.36. The van der Waals surface area contributed by atoms with Gasteiger partial charge in [-0.25, -0.2) is 0 Å². The first kappa shape index (κ1) is 13.2. The first-order valence-corrected chi connectivity index (χ1v) is 7.75. The Morgan fingerprint density at radius 2 is 2.24 bits per heavy atom. The molecule has 0 aromatic carbocycles. The van der Waals surface area contributed by atoms with Crippen molar-refractivity contribution in [2.24, 2.45) is 10.4 Å². The molecule has 4 heteroatoms. The van der Waals surface area contributed by atoms with Gasteiger partial charge in [-0.05, 0) is 32.1 Å². The SMILES string of the molecule is CCOC(C)CNC1=NCC2(CCCC2)CS1. The summed E-state index contributed by atoms with van der Waals surface area (Å²) in [5, 5.41) is 4.52. The van der Waals surface area contributed by atoms with E-state index in [4.69, 9.17) is 9.73 Å². The molecule has 1 saturated carbocycles. The Balaban J connectivity index is 1.74. The predicted octanol–water partition coefficient (Wildman–Crippen LogP) is 2.66. The Kier molecular flexibility index (Phi) is 4.74. The first-order chi connectivity index (χ1) is 8.24. The van der Waals surface area contributed by atoms with Crippen LogP contribution in [0.5, 0.6) is 0 Å². The number of aliphatic imine (C=N–C) groups is 1. The van der Waals surface area contributed by atoms with Crippen LogP contribution in [0.25, 0.3) is 0 Å². The number of hydrogen-bond acceptors (Lipinski definition) is 4. The van der Waals surface area contributed by atoms with Crippen molar-refractivity contribution in [3.8, 4) is 0 Å². The fourth-order valence-corrected chi connectivity index (χ4v) is 3.83. The molecule has 17 heavy (non-hydrogen) atoms. The van der Waals surface area contributed by atoms with Gasteiger partial charge in [0, 0.05) is 25.4 Å². The molecule has 0 radical (unpaired) electrons. The molecule has 1 fully saturated rings. The molecule has 0 aromatic heterocycles. The number of hydrogen-bond donors (Lipinski definition) is 1. The van der Waals surface area contributed by atoms with Gasteiger partial charge < -0.3 is 10.1 Å². The lowest BCUT2D eigenvalue weighted by Gasteiger charge is -2.31. The lowest BCUT2D eigenvalue weighted by molar-refractivity contribution is 0.0795. The fourth-order valence-electron chi connectivity index (χ4n) is 2.66. The number of thioether (sulfide) groups is 1. The highest BCUT2D eigenvalue weighted by Gasteiger charge is 2.36. The second-order valence-electron chi connectivity index (χ2n) is 5.26. The zero-order chi connectivity index (χ0) is 12.1. The van der Waals surface area contributed by atoms with Crippen molar-refractivity contribution in [1.82, 2.24) is 5.32 Å². The van der Waals surface area contributed by atoms with E-state index in [1.54, 1.807) is 0 Å². The van der Waals surface area contributed by atoms with Gasteiger partial charge in [-0.15, -0.1) is 0 Å². The van der Waals surface area contributed by atoms with Crippen LogP contribution in [-0.2, 0) is 4.74 Å². The third-order valence-corrected chi connectivity index (χ3v) is 5.03. The maximum absolute atomic E-state index is 5.50. The first-order valence-electron chi connectivity index (χ1n) is 6.77. The molecule has 2 aliphatic rings. The maximum Gasteiger partial charge on any atom is 0.156 e. The molecule has 0 saturated heterocycles. The van der Waals surface area contributed by atoms with E-state index in [2.05, 4.69) is 12.2 Å². The van der Waals surface area contributed by atoms with Crippen molar-refractivity contribution in [3.63, 3.8) is 0 Å². The summed E-state index contributed by atoms with van der Waals surface area (Å²) < 4.78 is 5.50. The Bertz CT molecular complexity index is 275.